The summed E-state index contributed by atoms with van der Waals surface area (Å²) in [6, 6.07) is 0. The molecule has 0 aromatic heterocycles. The van der Waals surface area contributed by atoms with E-state index in [9.17, 15) is 4.21 Å². The van der Waals surface area contributed by atoms with E-state index in [-0.39, 0.29) is 13.2 Å². The van der Waals surface area contributed by atoms with Crippen LogP contribution >= 0.6 is 0 Å². The summed E-state index contributed by atoms with van der Waals surface area (Å²) in [4.78, 5) is 0. The molecule has 0 aliphatic carbocycles. The van der Waals surface area contributed by atoms with E-state index >= 15 is 0 Å². The van der Waals surface area contributed by atoms with Gasteiger partial charge >= 0.3 is 0 Å². The van der Waals surface area contributed by atoms with Gasteiger partial charge in [-0.3, -0.25) is 8.37 Å². The fourth-order valence-electron chi connectivity index (χ4n) is 0.523. The van der Waals surface area contributed by atoms with Crippen LogP contribution < -0.4 is 11.5 Å². The summed E-state index contributed by atoms with van der Waals surface area (Å²) < 4.78 is 20.9. The van der Waals surface area contributed by atoms with E-state index in [2.05, 4.69) is 11.2 Å². The van der Waals surface area contributed by atoms with E-state index in [1.807, 2.05) is 0 Å². The van der Waals surface area contributed by atoms with Crippen LogP contribution in [0.3, 0.4) is 0 Å². The van der Waals surface area contributed by atoms with Crippen LogP contribution in [0.2, 0.25) is 0 Å². The van der Waals surface area contributed by atoms with E-state index in [4.69, 9.17) is 19.8 Å². The van der Waals surface area contributed by atoms with E-state index in [0.29, 0.717) is 25.9 Å². The van der Waals surface area contributed by atoms with Crippen LogP contribution in [-0.2, 0) is 28.6 Å². The molecule has 0 radical (unpaired) electrons. The molecule has 0 heterocycles. The quantitative estimate of drug-likeness (QED) is 0.534. The van der Waals surface area contributed by atoms with Crippen molar-refractivity contribution in [1.82, 2.24) is 0 Å². The van der Waals surface area contributed by atoms with Crippen molar-refractivity contribution in [3.63, 3.8) is 0 Å². The Labute approximate surface area is 83.8 Å². The van der Waals surface area contributed by atoms with Gasteiger partial charge in [-0.2, -0.15) is 4.21 Å². The van der Waals surface area contributed by atoms with Crippen molar-refractivity contribution in [2.24, 2.45) is 11.5 Å². The Hall–Kier alpha value is 0.210. The molecule has 0 spiro atoms. The predicted octanol–water partition coefficient (Wildman–Crippen LogP) is -0.706. The van der Waals surface area contributed by atoms with Gasteiger partial charge in [-0.25, -0.2) is 0 Å². The van der Waals surface area contributed by atoms with Crippen molar-refractivity contribution in [3.05, 3.63) is 0 Å². The molecular formula is C6H16N2O3S2. The average molecular weight is 228 g/mol. The molecule has 0 unspecified atom stereocenters. The molecule has 0 rings (SSSR count). The van der Waals surface area contributed by atoms with Gasteiger partial charge < -0.3 is 11.5 Å². The second-order valence-electron chi connectivity index (χ2n) is 2.34. The highest BCUT2D eigenvalue weighted by Crippen LogP contribution is 1.98. The van der Waals surface area contributed by atoms with Crippen LogP contribution in [0.1, 0.15) is 12.8 Å². The van der Waals surface area contributed by atoms with Gasteiger partial charge in [-0.1, -0.05) is 0 Å². The maximum atomic E-state index is 11.2. The van der Waals surface area contributed by atoms with E-state index in [1.165, 1.54) is 0 Å². The summed E-state index contributed by atoms with van der Waals surface area (Å²) in [6.07, 6.45) is 1.24. The van der Waals surface area contributed by atoms with Crippen molar-refractivity contribution < 1.29 is 12.6 Å². The highest BCUT2D eigenvalue weighted by molar-refractivity contribution is 8.27. The molecule has 0 aromatic carbocycles. The summed E-state index contributed by atoms with van der Waals surface area (Å²) in [6.45, 7) is 1.49. The second-order valence-corrected chi connectivity index (χ2v) is 4.85. The third-order valence-electron chi connectivity index (χ3n) is 1.15. The molecule has 80 valence electrons. The topological polar surface area (TPSA) is 87.6 Å². The fourth-order valence-corrected chi connectivity index (χ4v) is 1.64. The third kappa shape index (κ3) is 8.54. The Morgan fingerprint density at radius 1 is 1.08 bits per heavy atom. The third-order valence-corrected chi connectivity index (χ3v) is 2.64. The number of rotatable bonds is 8. The van der Waals surface area contributed by atoms with Gasteiger partial charge in [-0.05, 0) is 25.9 Å². The normalized spacial score (nSPS) is 11.8. The number of nitrogens with two attached hydrogens (primary N) is 2. The lowest BCUT2D eigenvalue weighted by Crippen LogP contribution is -2.14. The number of hydrogen-bond donors (Lipinski definition) is 2. The predicted molar refractivity (Wildman–Crippen MR) is 54.8 cm³/mol. The molecule has 0 aliphatic heterocycles. The molecule has 4 N–H and O–H groups in total. The molecule has 0 bridgehead atoms. The zero-order chi connectivity index (χ0) is 10.2. The average Bonchev–Trinajstić information content (AvgIpc) is 2.05. The zero-order valence-corrected chi connectivity index (χ0v) is 9.07. The minimum Gasteiger partial charge on any atom is -0.330 e. The first-order valence-electron chi connectivity index (χ1n) is 4.06. The molecule has 5 nitrogen and oxygen atoms in total. The van der Waals surface area contributed by atoms with Crippen molar-refractivity contribution >= 4 is 20.2 Å². The maximum Gasteiger partial charge on any atom is 0.269 e. The van der Waals surface area contributed by atoms with Crippen molar-refractivity contribution in [2.45, 2.75) is 12.8 Å². The van der Waals surface area contributed by atoms with Crippen molar-refractivity contribution in [2.75, 3.05) is 26.3 Å². The monoisotopic (exact) mass is 228 g/mol. The summed E-state index contributed by atoms with van der Waals surface area (Å²) in [5.74, 6) is 0. The van der Waals surface area contributed by atoms with Gasteiger partial charge in [0.25, 0.3) is 9.05 Å². The molecule has 0 fully saturated rings. The Kier molecular flexibility index (Phi) is 7.72. The minimum atomic E-state index is -3.00. The summed E-state index contributed by atoms with van der Waals surface area (Å²) in [5, 5.41) is 0. The Morgan fingerprint density at radius 3 is 1.77 bits per heavy atom. The lowest BCUT2D eigenvalue weighted by atomic mass is 10.5. The van der Waals surface area contributed by atoms with E-state index in [0.717, 1.165) is 0 Å². The SMILES string of the molecule is NCCCOS(=O)(=S)OCCCN. The molecule has 0 atom stereocenters. The minimum absolute atomic E-state index is 0.265. The van der Waals surface area contributed by atoms with Crippen LogP contribution in [0, 0.1) is 0 Å². The van der Waals surface area contributed by atoms with Crippen LogP contribution in [0.4, 0.5) is 0 Å². The largest absolute Gasteiger partial charge is 0.330 e. The zero-order valence-electron chi connectivity index (χ0n) is 7.44. The van der Waals surface area contributed by atoms with Gasteiger partial charge in [0.2, 0.25) is 0 Å². The summed E-state index contributed by atoms with van der Waals surface area (Å²) in [5.41, 5.74) is 10.4. The second kappa shape index (κ2) is 7.60. The van der Waals surface area contributed by atoms with Crippen LogP contribution in [0.25, 0.3) is 0 Å². The van der Waals surface area contributed by atoms with E-state index < -0.39 is 9.05 Å². The van der Waals surface area contributed by atoms with Gasteiger partial charge in [0, 0.05) is 11.2 Å². The highest BCUT2D eigenvalue weighted by atomic mass is 32.9. The van der Waals surface area contributed by atoms with Gasteiger partial charge in [0.15, 0.2) is 0 Å². The highest BCUT2D eigenvalue weighted by Gasteiger charge is 2.05. The van der Waals surface area contributed by atoms with Crippen molar-refractivity contribution in [1.29, 1.82) is 0 Å². The van der Waals surface area contributed by atoms with Crippen LogP contribution in [0.15, 0.2) is 0 Å². The lowest BCUT2D eigenvalue weighted by molar-refractivity contribution is 0.244. The fraction of sp³-hybridized carbons (Fsp3) is 1.00. The van der Waals surface area contributed by atoms with Crippen molar-refractivity contribution in [3.8, 4) is 0 Å². The Morgan fingerprint density at radius 2 is 1.46 bits per heavy atom. The molecular weight excluding hydrogens is 212 g/mol. The first kappa shape index (κ1) is 13.2. The smallest absolute Gasteiger partial charge is 0.269 e. The summed E-state index contributed by atoms with van der Waals surface area (Å²) in [7, 11) is -3.00. The van der Waals surface area contributed by atoms with Gasteiger partial charge in [0.1, 0.15) is 0 Å². The molecule has 0 aliphatic rings. The number of hydrogen-bond acceptors (Lipinski definition) is 6. The standard InChI is InChI=1S/C6H16N2O3S2/c7-3-1-5-10-13(9,12)11-6-2-4-8/h1-8H2. The molecule has 0 amide bonds. The van der Waals surface area contributed by atoms with E-state index in [1.54, 1.807) is 0 Å². The lowest BCUT2D eigenvalue weighted by Gasteiger charge is -2.07. The Bertz CT molecular complexity index is 190. The molecule has 13 heavy (non-hydrogen) atoms. The molecule has 0 aromatic rings. The molecule has 7 heteroatoms. The maximum absolute atomic E-state index is 11.2. The van der Waals surface area contributed by atoms with Crippen LogP contribution in [0.5, 0.6) is 0 Å². The Balaban J connectivity index is 3.55. The molecule has 0 saturated carbocycles. The summed E-state index contributed by atoms with van der Waals surface area (Å²) >= 11 is 4.57. The van der Waals surface area contributed by atoms with Gasteiger partial charge in [-0.15, -0.1) is 0 Å². The first-order chi connectivity index (χ1) is 6.12. The van der Waals surface area contributed by atoms with Gasteiger partial charge in [0.05, 0.1) is 13.2 Å². The first-order valence-corrected chi connectivity index (χ1v) is 6.39. The van der Waals surface area contributed by atoms with Crippen LogP contribution in [-0.4, -0.2) is 30.5 Å². The molecule has 0 saturated heterocycles.